The topological polar surface area (TPSA) is 70.7 Å². The summed E-state index contributed by atoms with van der Waals surface area (Å²) in [5, 5.41) is 6.12. The summed E-state index contributed by atoms with van der Waals surface area (Å²) in [7, 11) is 2.05. The molecule has 1 aliphatic heterocycles. The second-order valence-electron chi connectivity index (χ2n) is 8.64. The molecular formula is C18H33N3O3. The number of nitrogens with zero attached hydrogens (tertiary/aromatic N) is 1. The second kappa shape index (κ2) is 7.30. The minimum absolute atomic E-state index is 0.0361. The minimum Gasteiger partial charge on any atom is -0.444 e. The van der Waals surface area contributed by atoms with Crippen LogP contribution >= 0.6 is 0 Å². The molecule has 2 amide bonds. The molecular weight excluding hydrogens is 306 g/mol. The van der Waals surface area contributed by atoms with Crippen molar-refractivity contribution in [3.8, 4) is 0 Å². The minimum atomic E-state index is -0.514. The van der Waals surface area contributed by atoms with Gasteiger partial charge in [-0.3, -0.25) is 4.79 Å². The van der Waals surface area contributed by atoms with Crippen LogP contribution in [-0.2, 0) is 9.53 Å². The monoisotopic (exact) mass is 339 g/mol. The molecule has 6 heteroatoms. The van der Waals surface area contributed by atoms with Crippen LogP contribution in [0.3, 0.4) is 0 Å². The molecule has 0 radical (unpaired) electrons. The molecule has 0 aromatic rings. The quantitative estimate of drug-likeness (QED) is 0.823. The third-order valence-electron chi connectivity index (χ3n) is 5.05. The van der Waals surface area contributed by atoms with Gasteiger partial charge in [-0.25, -0.2) is 4.79 Å². The number of ether oxygens (including phenoxy) is 1. The highest BCUT2D eigenvalue weighted by Crippen LogP contribution is 2.31. The van der Waals surface area contributed by atoms with Crippen molar-refractivity contribution < 1.29 is 14.3 Å². The Morgan fingerprint density at radius 3 is 2.33 bits per heavy atom. The van der Waals surface area contributed by atoms with Crippen LogP contribution in [0.2, 0.25) is 0 Å². The van der Waals surface area contributed by atoms with Crippen LogP contribution in [0.1, 0.15) is 53.4 Å². The largest absolute Gasteiger partial charge is 0.444 e. The first-order valence-corrected chi connectivity index (χ1v) is 9.08. The van der Waals surface area contributed by atoms with Crippen molar-refractivity contribution in [1.82, 2.24) is 15.5 Å². The number of rotatable bonds is 4. The fourth-order valence-electron chi connectivity index (χ4n) is 3.86. The van der Waals surface area contributed by atoms with Gasteiger partial charge in [0.25, 0.3) is 0 Å². The Morgan fingerprint density at radius 2 is 1.83 bits per heavy atom. The first kappa shape index (κ1) is 19.0. The zero-order valence-electron chi connectivity index (χ0n) is 15.8. The summed E-state index contributed by atoms with van der Waals surface area (Å²) in [6, 6.07) is 0. The highest BCUT2D eigenvalue weighted by molar-refractivity contribution is 5.80. The Kier molecular flexibility index (Phi) is 5.78. The highest BCUT2D eigenvalue weighted by atomic mass is 16.6. The average Bonchev–Trinajstić information content (AvgIpc) is 3.02. The Hall–Kier alpha value is -1.30. The molecule has 2 fully saturated rings. The number of carbonyl (C=O) groups excluding carboxylic acids is 2. The average molecular weight is 339 g/mol. The Labute approximate surface area is 145 Å². The summed E-state index contributed by atoms with van der Waals surface area (Å²) >= 11 is 0. The van der Waals surface area contributed by atoms with Gasteiger partial charge in [-0.2, -0.15) is 0 Å². The first-order chi connectivity index (χ1) is 11.1. The van der Waals surface area contributed by atoms with Gasteiger partial charge in [0.05, 0.1) is 11.5 Å². The van der Waals surface area contributed by atoms with E-state index in [4.69, 9.17) is 4.74 Å². The molecule has 2 rings (SSSR count). The van der Waals surface area contributed by atoms with E-state index >= 15 is 0 Å². The zero-order chi connectivity index (χ0) is 18.0. The van der Waals surface area contributed by atoms with Crippen LogP contribution in [0.25, 0.3) is 0 Å². The summed E-state index contributed by atoms with van der Waals surface area (Å²) in [5.74, 6) is 0.529. The van der Waals surface area contributed by atoms with Gasteiger partial charge >= 0.3 is 6.09 Å². The Morgan fingerprint density at radius 1 is 1.21 bits per heavy atom. The van der Waals surface area contributed by atoms with Crippen LogP contribution in [0.15, 0.2) is 0 Å². The summed E-state index contributed by atoms with van der Waals surface area (Å²) < 4.78 is 5.31. The summed E-state index contributed by atoms with van der Waals surface area (Å²) in [6.45, 7) is 9.87. The molecule has 24 heavy (non-hydrogen) atoms. The van der Waals surface area contributed by atoms with Crippen molar-refractivity contribution in [2.45, 2.75) is 64.5 Å². The maximum Gasteiger partial charge on any atom is 0.407 e. The van der Waals surface area contributed by atoms with Crippen molar-refractivity contribution >= 4 is 12.0 Å². The van der Waals surface area contributed by atoms with Crippen molar-refractivity contribution in [2.75, 3.05) is 26.7 Å². The Balaban J connectivity index is 1.93. The molecule has 0 unspecified atom stereocenters. The fourth-order valence-corrected chi connectivity index (χ4v) is 3.86. The van der Waals surface area contributed by atoms with E-state index in [2.05, 4.69) is 29.5 Å². The van der Waals surface area contributed by atoms with E-state index in [1.165, 1.54) is 0 Å². The lowest BCUT2D eigenvalue weighted by Crippen LogP contribution is -2.56. The number of alkyl carbamates (subject to hydrolysis) is 1. The molecule has 2 atom stereocenters. The lowest BCUT2D eigenvalue weighted by atomic mass is 9.92. The molecule has 1 aliphatic carbocycles. The number of amides is 2. The normalized spacial score (nSPS) is 27.0. The van der Waals surface area contributed by atoms with Gasteiger partial charge in [-0.05, 0) is 46.6 Å². The Bertz CT molecular complexity index is 467. The lowest BCUT2D eigenvalue weighted by molar-refractivity contribution is -0.127. The molecule has 6 nitrogen and oxygen atoms in total. The zero-order valence-corrected chi connectivity index (χ0v) is 15.8. The van der Waals surface area contributed by atoms with Crippen LogP contribution in [0.5, 0.6) is 0 Å². The van der Waals surface area contributed by atoms with Crippen molar-refractivity contribution in [2.24, 2.45) is 11.8 Å². The van der Waals surface area contributed by atoms with Crippen molar-refractivity contribution in [3.63, 3.8) is 0 Å². The molecule has 0 aromatic carbocycles. The van der Waals surface area contributed by atoms with E-state index in [1.54, 1.807) is 0 Å². The predicted octanol–water partition coefficient (Wildman–Crippen LogP) is 2.14. The van der Waals surface area contributed by atoms with Gasteiger partial charge in [-0.15, -0.1) is 0 Å². The number of hydrogen-bond acceptors (Lipinski definition) is 4. The fraction of sp³-hybridized carbons (Fsp3) is 0.889. The van der Waals surface area contributed by atoms with Crippen LogP contribution in [0, 0.1) is 11.8 Å². The molecule has 0 aromatic heterocycles. The number of likely N-dealkylation sites (tertiary alicyclic amines) is 1. The molecule has 1 saturated carbocycles. The molecule has 2 aliphatic rings. The standard InChI is InChI=1S/C18H33N3O3/c1-13-10-21(5)11-14(13)15(22)20-18(8-6-7-9-18)12-19-16(23)24-17(2,3)4/h13-14H,6-12H2,1-5H3,(H,19,23)(H,20,22)/t13-,14-/m1/s1. The molecule has 138 valence electrons. The van der Waals surface area contributed by atoms with Crippen LogP contribution < -0.4 is 10.6 Å². The molecule has 2 N–H and O–H groups in total. The summed E-state index contributed by atoms with van der Waals surface area (Å²) in [5.41, 5.74) is -0.838. The van der Waals surface area contributed by atoms with Gasteiger partial charge in [-0.1, -0.05) is 19.8 Å². The number of carbonyl (C=O) groups is 2. The molecule has 0 spiro atoms. The van der Waals surface area contributed by atoms with Crippen molar-refractivity contribution in [1.29, 1.82) is 0 Å². The third-order valence-corrected chi connectivity index (χ3v) is 5.05. The maximum atomic E-state index is 12.8. The molecule has 1 saturated heterocycles. The number of nitrogens with one attached hydrogen (secondary N) is 2. The van der Waals surface area contributed by atoms with Gasteiger partial charge in [0.1, 0.15) is 5.60 Å². The van der Waals surface area contributed by atoms with E-state index in [0.717, 1.165) is 38.8 Å². The number of hydrogen-bond donors (Lipinski definition) is 2. The van der Waals surface area contributed by atoms with E-state index in [1.807, 2.05) is 20.8 Å². The van der Waals surface area contributed by atoms with E-state index in [0.29, 0.717) is 12.5 Å². The van der Waals surface area contributed by atoms with E-state index in [9.17, 15) is 9.59 Å². The molecule has 0 bridgehead atoms. The summed E-state index contributed by atoms with van der Waals surface area (Å²) in [6.07, 6.45) is 3.56. The predicted molar refractivity (Wildman–Crippen MR) is 93.7 cm³/mol. The van der Waals surface area contributed by atoms with Crippen LogP contribution in [-0.4, -0.2) is 54.7 Å². The van der Waals surface area contributed by atoms with Crippen LogP contribution in [0.4, 0.5) is 4.79 Å². The smallest absolute Gasteiger partial charge is 0.407 e. The van der Waals surface area contributed by atoms with Gasteiger partial charge in [0.2, 0.25) is 5.91 Å². The van der Waals surface area contributed by atoms with Gasteiger partial charge in [0, 0.05) is 19.6 Å². The molecule has 1 heterocycles. The SMILES string of the molecule is C[C@@H]1CN(C)C[C@H]1C(=O)NC1(CNC(=O)OC(C)(C)C)CCCC1. The highest BCUT2D eigenvalue weighted by Gasteiger charge is 2.40. The van der Waals surface area contributed by atoms with Gasteiger partial charge in [0.15, 0.2) is 0 Å². The summed E-state index contributed by atoms with van der Waals surface area (Å²) in [4.78, 5) is 26.9. The van der Waals surface area contributed by atoms with Crippen molar-refractivity contribution in [3.05, 3.63) is 0 Å². The first-order valence-electron chi connectivity index (χ1n) is 9.08. The van der Waals surface area contributed by atoms with E-state index in [-0.39, 0.29) is 17.4 Å². The third kappa shape index (κ3) is 5.10. The lowest BCUT2D eigenvalue weighted by Gasteiger charge is -2.33. The van der Waals surface area contributed by atoms with E-state index < -0.39 is 11.7 Å². The maximum absolute atomic E-state index is 12.8. The van der Waals surface area contributed by atoms with Gasteiger partial charge < -0.3 is 20.3 Å². The second-order valence-corrected chi connectivity index (χ2v) is 8.64.